The molecule has 2 saturated heterocycles. The zero-order valence-electron chi connectivity index (χ0n) is 19.7. The molecule has 0 bridgehead atoms. The molecule has 2 aliphatic heterocycles. The van der Waals surface area contributed by atoms with E-state index >= 15 is 0 Å². The Morgan fingerprint density at radius 2 is 1.22 bits per heavy atom. The average molecular weight is 513 g/mol. The molecule has 6 atom stereocenters. The van der Waals surface area contributed by atoms with E-state index < -0.39 is 47.1 Å². The second-order valence-electron chi connectivity index (χ2n) is 8.77. The lowest BCUT2D eigenvalue weighted by atomic mass is 9.99. The van der Waals surface area contributed by atoms with Crippen LogP contribution in [0.5, 0.6) is 0 Å². The van der Waals surface area contributed by atoms with Crippen LogP contribution in [0.4, 0.5) is 0 Å². The highest BCUT2D eigenvalue weighted by Gasteiger charge is 2.50. The van der Waals surface area contributed by atoms with E-state index in [-0.39, 0.29) is 18.1 Å². The van der Waals surface area contributed by atoms with Gasteiger partial charge in [0.2, 0.25) is 0 Å². The van der Waals surface area contributed by atoms with Crippen molar-refractivity contribution in [3.05, 3.63) is 102 Å². The first-order valence-corrected chi connectivity index (χ1v) is 13.1. The normalized spacial score (nSPS) is 28.4. The van der Waals surface area contributed by atoms with Gasteiger partial charge in [-0.05, 0) is 19.1 Å². The fourth-order valence-corrected chi connectivity index (χ4v) is 5.24. The monoisotopic (exact) mass is 512 g/mol. The smallest absolute Gasteiger partial charge is 0.297 e. The van der Waals surface area contributed by atoms with Gasteiger partial charge in [-0.2, -0.15) is 8.42 Å². The Kier molecular flexibility index (Phi) is 7.49. The number of fused-ring (bicyclic) bond motifs is 1. The van der Waals surface area contributed by atoms with Gasteiger partial charge in [-0.25, -0.2) is 0 Å². The molecular weight excluding hydrogens is 484 g/mol. The van der Waals surface area contributed by atoms with Crippen molar-refractivity contribution in [2.24, 2.45) is 0 Å². The zero-order chi connectivity index (χ0) is 25.1. The van der Waals surface area contributed by atoms with Crippen molar-refractivity contribution in [1.29, 1.82) is 0 Å². The largest absolute Gasteiger partial charge is 0.394 e. The third-order valence-corrected chi connectivity index (χ3v) is 7.53. The van der Waals surface area contributed by atoms with Gasteiger partial charge in [0.1, 0.15) is 24.4 Å². The number of benzene rings is 3. The molecular formula is C27H28O8S. The van der Waals surface area contributed by atoms with Gasteiger partial charge in [0.05, 0.1) is 18.1 Å². The number of hydrogen-bond acceptors (Lipinski definition) is 8. The third kappa shape index (κ3) is 5.37. The van der Waals surface area contributed by atoms with Crippen LogP contribution in [0.2, 0.25) is 0 Å². The van der Waals surface area contributed by atoms with Crippen molar-refractivity contribution < 1.29 is 36.7 Å². The van der Waals surface area contributed by atoms with Crippen LogP contribution in [0.1, 0.15) is 29.3 Å². The molecule has 0 aromatic heterocycles. The molecule has 0 radical (unpaired) electrons. The fraction of sp³-hybridized carbons (Fsp3) is 0.333. The van der Waals surface area contributed by atoms with Crippen molar-refractivity contribution in [1.82, 2.24) is 0 Å². The van der Waals surface area contributed by atoms with Gasteiger partial charge < -0.3 is 24.1 Å². The Bertz CT molecular complexity index is 1230. The van der Waals surface area contributed by atoms with Crippen LogP contribution < -0.4 is 0 Å². The number of ether oxygens (including phenoxy) is 4. The minimum Gasteiger partial charge on any atom is -0.394 e. The van der Waals surface area contributed by atoms with Crippen molar-refractivity contribution in [2.75, 3.05) is 13.2 Å². The summed E-state index contributed by atoms with van der Waals surface area (Å²) < 4.78 is 55.9. The molecule has 2 aliphatic rings. The van der Waals surface area contributed by atoms with E-state index in [0.29, 0.717) is 0 Å². The molecule has 0 amide bonds. The summed E-state index contributed by atoms with van der Waals surface area (Å²) in [5, 5.41) is 10.1. The molecule has 36 heavy (non-hydrogen) atoms. The van der Waals surface area contributed by atoms with E-state index in [2.05, 4.69) is 0 Å². The summed E-state index contributed by atoms with van der Waals surface area (Å²) in [5.41, 5.74) is 2.43. The molecule has 2 heterocycles. The maximum Gasteiger partial charge on any atom is 0.297 e. The number of aryl methyl sites for hydroxylation is 1. The molecule has 9 heteroatoms. The molecule has 3 aromatic rings. The van der Waals surface area contributed by atoms with Gasteiger partial charge in [0, 0.05) is 11.1 Å². The maximum atomic E-state index is 12.9. The van der Waals surface area contributed by atoms with Crippen LogP contribution >= 0.6 is 0 Å². The number of hydrogen-bond donors (Lipinski definition) is 1. The molecule has 5 rings (SSSR count). The summed E-state index contributed by atoms with van der Waals surface area (Å²) >= 11 is 0. The third-order valence-electron chi connectivity index (χ3n) is 6.24. The summed E-state index contributed by atoms with van der Waals surface area (Å²) in [6.07, 6.45) is -4.63. The van der Waals surface area contributed by atoms with Crippen LogP contribution in [0.25, 0.3) is 0 Å². The van der Waals surface area contributed by atoms with Gasteiger partial charge >= 0.3 is 0 Å². The molecule has 1 N–H and O–H groups in total. The molecule has 190 valence electrons. The first-order chi connectivity index (χ1) is 17.4. The minimum absolute atomic E-state index is 0.0552. The van der Waals surface area contributed by atoms with E-state index in [1.54, 1.807) is 12.1 Å². The summed E-state index contributed by atoms with van der Waals surface area (Å²) in [6, 6.07) is 25.0. The Morgan fingerprint density at radius 3 is 1.75 bits per heavy atom. The number of aliphatic hydroxyl groups excluding tert-OH is 1. The molecule has 0 aliphatic carbocycles. The molecule has 0 spiro atoms. The van der Waals surface area contributed by atoms with Crippen LogP contribution in [0.15, 0.2) is 89.8 Å². The second kappa shape index (κ2) is 10.8. The summed E-state index contributed by atoms with van der Waals surface area (Å²) in [6.45, 7) is 1.26. The first-order valence-electron chi connectivity index (χ1n) is 11.7. The maximum absolute atomic E-state index is 12.9. The first kappa shape index (κ1) is 25.0. The Morgan fingerprint density at radius 1 is 0.722 bits per heavy atom. The average Bonchev–Trinajstić information content (AvgIpc) is 2.92. The standard InChI is InChI=1S/C27H28O8S/c1-18-12-14-21(15-13-18)36(29,30)31-17-23-25-24(34-27(33-23)20-10-6-3-7-11-20)22(16-28)32-26(35-25)19-8-4-2-5-9-19/h2-15,22-28H,16-17H2,1H3/t22-,23-,24+,25-,26-,27+/m0/s1. The van der Waals surface area contributed by atoms with Gasteiger partial charge in [-0.3, -0.25) is 4.18 Å². The fourth-order valence-electron chi connectivity index (χ4n) is 4.32. The predicted octanol–water partition coefficient (Wildman–Crippen LogP) is 3.66. The zero-order valence-corrected chi connectivity index (χ0v) is 20.5. The SMILES string of the molecule is Cc1ccc(S(=O)(=O)OC[C@@H]2O[C@@H](c3ccccc3)O[C@H]3[C@H]2O[C@@H](c2ccccc2)O[C@H]3CO)cc1. The number of aliphatic hydroxyl groups is 1. The van der Waals surface area contributed by atoms with Crippen LogP contribution in [0, 0.1) is 6.92 Å². The minimum atomic E-state index is -4.04. The molecule has 3 aromatic carbocycles. The van der Waals surface area contributed by atoms with Crippen LogP contribution in [0.3, 0.4) is 0 Å². The molecule has 2 fully saturated rings. The molecule has 8 nitrogen and oxygen atoms in total. The van der Waals surface area contributed by atoms with E-state index in [0.717, 1.165) is 16.7 Å². The highest BCUT2D eigenvalue weighted by atomic mass is 32.2. The highest BCUT2D eigenvalue weighted by Crippen LogP contribution is 2.40. The second-order valence-corrected chi connectivity index (χ2v) is 10.4. The molecule has 0 saturated carbocycles. The van der Waals surface area contributed by atoms with Gasteiger partial charge in [-0.15, -0.1) is 0 Å². The Hall–Kier alpha value is -2.63. The van der Waals surface area contributed by atoms with Crippen LogP contribution in [-0.2, 0) is 33.2 Å². The van der Waals surface area contributed by atoms with Gasteiger partial charge in [-0.1, -0.05) is 78.4 Å². The molecule has 0 unspecified atom stereocenters. The lowest BCUT2D eigenvalue weighted by molar-refractivity contribution is -0.386. The van der Waals surface area contributed by atoms with E-state index in [1.807, 2.05) is 67.6 Å². The van der Waals surface area contributed by atoms with E-state index in [9.17, 15) is 13.5 Å². The Balaban J connectivity index is 1.42. The van der Waals surface area contributed by atoms with E-state index in [1.165, 1.54) is 12.1 Å². The van der Waals surface area contributed by atoms with Crippen molar-refractivity contribution in [3.63, 3.8) is 0 Å². The lowest BCUT2D eigenvalue weighted by Gasteiger charge is -2.48. The van der Waals surface area contributed by atoms with Crippen molar-refractivity contribution >= 4 is 10.1 Å². The topological polar surface area (TPSA) is 101 Å². The highest BCUT2D eigenvalue weighted by molar-refractivity contribution is 7.86. The van der Waals surface area contributed by atoms with Gasteiger partial charge in [0.15, 0.2) is 12.6 Å². The predicted molar refractivity (Wildman–Crippen MR) is 129 cm³/mol. The quantitative estimate of drug-likeness (QED) is 0.479. The number of rotatable bonds is 7. The summed E-state index contributed by atoms with van der Waals surface area (Å²) in [5.74, 6) is 0. The summed E-state index contributed by atoms with van der Waals surface area (Å²) in [4.78, 5) is 0.0552. The van der Waals surface area contributed by atoms with Crippen molar-refractivity contribution in [3.8, 4) is 0 Å². The lowest BCUT2D eigenvalue weighted by Crippen LogP contribution is -2.60. The van der Waals surface area contributed by atoms with E-state index in [4.69, 9.17) is 23.1 Å². The summed E-state index contributed by atoms with van der Waals surface area (Å²) in [7, 11) is -4.04. The van der Waals surface area contributed by atoms with Crippen molar-refractivity contribution in [2.45, 2.75) is 48.8 Å². The van der Waals surface area contributed by atoms with Crippen LogP contribution in [-0.4, -0.2) is 51.2 Å². The van der Waals surface area contributed by atoms with Gasteiger partial charge in [0.25, 0.3) is 10.1 Å². The Labute approximate surface area is 210 Å².